The lowest BCUT2D eigenvalue weighted by molar-refractivity contribution is -0.136. The molecule has 37 heavy (non-hydrogen) atoms. The number of nitrogens with zero attached hydrogens (tertiary/aromatic N) is 2. The molecule has 2 aromatic carbocycles. The molecule has 4 amide bonds. The molecule has 2 fully saturated rings. The molecule has 0 radical (unpaired) electrons. The van der Waals surface area contributed by atoms with Gasteiger partial charge in [0.25, 0.3) is 11.8 Å². The third-order valence-corrected chi connectivity index (χ3v) is 7.31. The average Bonchev–Trinajstić information content (AvgIpc) is 3.25. The number of rotatable bonds is 8. The van der Waals surface area contributed by atoms with Crippen molar-refractivity contribution in [3.05, 3.63) is 64.7 Å². The van der Waals surface area contributed by atoms with E-state index in [9.17, 15) is 19.2 Å². The Bertz CT molecular complexity index is 1190. The molecule has 5 rings (SSSR count). The first-order chi connectivity index (χ1) is 18.0. The van der Waals surface area contributed by atoms with E-state index >= 15 is 0 Å². The molecule has 9 heteroatoms. The highest BCUT2D eigenvalue weighted by Crippen LogP contribution is 2.34. The van der Waals surface area contributed by atoms with Gasteiger partial charge < -0.3 is 19.9 Å². The summed E-state index contributed by atoms with van der Waals surface area (Å²) in [5.74, 6) is -0.478. The standard InChI is InChI=1S/C28H32N4O5/c33-25-12-11-23(27(35)30-25)32-17-22-21(28(32)36)5-4-6-24(22)37-18-19-7-9-20(10-8-19)26(34)29-13-16-31-14-2-1-3-15-31/h4-10,23H,1-3,11-18H2,(H,29,34)(H,30,33,35). The summed E-state index contributed by atoms with van der Waals surface area (Å²) < 4.78 is 6.06. The van der Waals surface area contributed by atoms with Crippen LogP contribution in [0, 0.1) is 0 Å². The van der Waals surface area contributed by atoms with Crippen LogP contribution in [0.3, 0.4) is 0 Å². The maximum absolute atomic E-state index is 13.0. The molecule has 9 nitrogen and oxygen atoms in total. The summed E-state index contributed by atoms with van der Waals surface area (Å²) in [4.78, 5) is 53.2. The van der Waals surface area contributed by atoms with E-state index in [-0.39, 0.29) is 37.3 Å². The predicted molar refractivity (Wildman–Crippen MR) is 136 cm³/mol. The first-order valence-corrected chi connectivity index (χ1v) is 13.0. The Labute approximate surface area is 216 Å². The second-order valence-electron chi connectivity index (χ2n) is 9.83. The Balaban J connectivity index is 1.16. The van der Waals surface area contributed by atoms with E-state index in [0.717, 1.165) is 30.8 Å². The van der Waals surface area contributed by atoms with E-state index in [1.165, 1.54) is 24.2 Å². The molecule has 0 spiro atoms. The van der Waals surface area contributed by atoms with Crippen LogP contribution in [0.4, 0.5) is 0 Å². The lowest BCUT2D eigenvalue weighted by Gasteiger charge is -2.29. The van der Waals surface area contributed by atoms with Crippen LogP contribution in [0.2, 0.25) is 0 Å². The summed E-state index contributed by atoms with van der Waals surface area (Å²) in [6.45, 7) is 4.27. The molecule has 2 aromatic rings. The fraction of sp³-hybridized carbons (Fsp3) is 0.429. The van der Waals surface area contributed by atoms with Crippen LogP contribution in [-0.4, -0.2) is 65.6 Å². The van der Waals surface area contributed by atoms with Gasteiger partial charge in [0.15, 0.2) is 0 Å². The third-order valence-electron chi connectivity index (χ3n) is 7.31. The minimum atomic E-state index is -0.663. The van der Waals surface area contributed by atoms with E-state index in [0.29, 0.717) is 29.8 Å². The summed E-state index contributed by atoms with van der Waals surface area (Å²) in [7, 11) is 0. The number of hydrogen-bond donors (Lipinski definition) is 2. The van der Waals surface area contributed by atoms with Gasteiger partial charge in [0.1, 0.15) is 18.4 Å². The molecular formula is C28H32N4O5. The normalized spacial score (nSPS) is 19.9. The van der Waals surface area contributed by atoms with E-state index in [4.69, 9.17) is 4.74 Å². The summed E-state index contributed by atoms with van der Waals surface area (Å²) in [5.41, 5.74) is 2.75. The van der Waals surface area contributed by atoms with Gasteiger partial charge in [-0.05, 0) is 62.2 Å². The van der Waals surface area contributed by atoms with Crippen LogP contribution in [0.1, 0.15) is 63.9 Å². The van der Waals surface area contributed by atoms with Crippen LogP contribution in [0.5, 0.6) is 5.75 Å². The van der Waals surface area contributed by atoms with Crippen molar-refractivity contribution in [1.29, 1.82) is 0 Å². The van der Waals surface area contributed by atoms with E-state index in [1.54, 1.807) is 24.3 Å². The minimum absolute atomic E-state index is 0.0857. The second-order valence-corrected chi connectivity index (χ2v) is 9.83. The average molecular weight is 505 g/mol. The van der Waals surface area contributed by atoms with Crippen molar-refractivity contribution in [2.45, 2.75) is 51.3 Å². The number of ether oxygens (including phenoxy) is 1. The largest absolute Gasteiger partial charge is 0.489 e. The molecular weight excluding hydrogens is 472 g/mol. The first kappa shape index (κ1) is 25.0. The molecule has 2 N–H and O–H groups in total. The fourth-order valence-corrected chi connectivity index (χ4v) is 5.22. The second kappa shape index (κ2) is 11.1. The molecule has 0 bridgehead atoms. The smallest absolute Gasteiger partial charge is 0.255 e. The molecule has 3 aliphatic heterocycles. The van der Waals surface area contributed by atoms with Crippen LogP contribution >= 0.6 is 0 Å². The van der Waals surface area contributed by atoms with Crippen LogP contribution in [0.25, 0.3) is 0 Å². The van der Waals surface area contributed by atoms with Gasteiger partial charge in [0, 0.05) is 36.2 Å². The van der Waals surface area contributed by atoms with E-state index < -0.39 is 11.9 Å². The Kier molecular flexibility index (Phi) is 7.50. The Morgan fingerprint density at radius 2 is 1.81 bits per heavy atom. The van der Waals surface area contributed by atoms with E-state index in [1.807, 2.05) is 18.2 Å². The summed E-state index contributed by atoms with van der Waals surface area (Å²) in [6.07, 6.45) is 4.30. The maximum Gasteiger partial charge on any atom is 0.255 e. The zero-order valence-electron chi connectivity index (χ0n) is 20.8. The number of piperidine rings is 2. The van der Waals surface area contributed by atoms with Crippen LogP contribution in [-0.2, 0) is 22.7 Å². The monoisotopic (exact) mass is 504 g/mol. The highest BCUT2D eigenvalue weighted by Gasteiger charge is 2.40. The highest BCUT2D eigenvalue weighted by molar-refractivity contribution is 6.05. The molecule has 3 aliphatic rings. The number of carbonyl (C=O) groups excluding carboxylic acids is 4. The molecule has 0 saturated carbocycles. The maximum atomic E-state index is 13.0. The molecule has 1 unspecified atom stereocenters. The van der Waals surface area contributed by atoms with Gasteiger partial charge in [-0.3, -0.25) is 24.5 Å². The Morgan fingerprint density at radius 3 is 2.57 bits per heavy atom. The van der Waals surface area contributed by atoms with Crippen LogP contribution < -0.4 is 15.4 Å². The lowest BCUT2D eigenvalue weighted by Crippen LogP contribution is -2.52. The Hall–Kier alpha value is -3.72. The lowest BCUT2D eigenvalue weighted by atomic mass is 10.0. The minimum Gasteiger partial charge on any atom is -0.489 e. The number of benzene rings is 2. The number of imide groups is 1. The summed E-state index contributed by atoms with van der Waals surface area (Å²) in [5, 5.41) is 5.32. The van der Waals surface area contributed by atoms with Crippen molar-refractivity contribution in [1.82, 2.24) is 20.4 Å². The summed E-state index contributed by atoms with van der Waals surface area (Å²) in [6, 6.07) is 11.9. The van der Waals surface area contributed by atoms with Gasteiger partial charge in [0.05, 0.1) is 6.54 Å². The number of amides is 4. The summed E-state index contributed by atoms with van der Waals surface area (Å²) >= 11 is 0. The number of hydrogen-bond acceptors (Lipinski definition) is 6. The quantitative estimate of drug-likeness (QED) is 0.534. The topological polar surface area (TPSA) is 108 Å². The molecule has 3 heterocycles. The highest BCUT2D eigenvalue weighted by atomic mass is 16.5. The van der Waals surface area contributed by atoms with Crippen molar-refractivity contribution >= 4 is 23.6 Å². The number of nitrogens with one attached hydrogen (secondary N) is 2. The van der Waals surface area contributed by atoms with Crippen molar-refractivity contribution in [2.75, 3.05) is 26.2 Å². The van der Waals surface area contributed by atoms with Crippen molar-refractivity contribution in [3.8, 4) is 5.75 Å². The third kappa shape index (κ3) is 5.67. The van der Waals surface area contributed by atoms with Gasteiger partial charge in [-0.25, -0.2) is 0 Å². The van der Waals surface area contributed by atoms with Gasteiger partial charge in [-0.2, -0.15) is 0 Å². The zero-order valence-corrected chi connectivity index (χ0v) is 20.8. The Morgan fingerprint density at radius 1 is 1.03 bits per heavy atom. The number of likely N-dealkylation sites (tertiary alicyclic amines) is 1. The SMILES string of the molecule is O=C1CCC(N2Cc3c(OCc4ccc(C(=O)NCCN5CCCCC5)cc4)cccc3C2=O)C(=O)N1. The van der Waals surface area contributed by atoms with Crippen molar-refractivity contribution in [2.24, 2.45) is 0 Å². The molecule has 1 atom stereocenters. The number of carbonyl (C=O) groups is 4. The predicted octanol–water partition coefficient (Wildman–Crippen LogP) is 2.24. The van der Waals surface area contributed by atoms with Gasteiger partial charge in [-0.1, -0.05) is 24.6 Å². The number of fused-ring (bicyclic) bond motifs is 1. The fourth-order valence-electron chi connectivity index (χ4n) is 5.22. The molecule has 194 valence electrons. The van der Waals surface area contributed by atoms with Gasteiger partial charge in [-0.15, -0.1) is 0 Å². The first-order valence-electron chi connectivity index (χ1n) is 13.0. The van der Waals surface area contributed by atoms with Crippen molar-refractivity contribution < 1.29 is 23.9 Å². The molecule has 2 saturated heterocycles. The van der Waals surface area contributed by atoms with Crippen molar-refractivity contribution in [3.63, 3.8) is 0 Å². The van der Waals surface area contributed by atoms with Crippen LogP contribution in [0.15, 0.2) is 42.5 Å². The zero-order chi connectivity index (χ0) is 25.8. The molecule has 0 aromatic heterocycles. The van der Waals surface area contributed by atoms with Gasteiger partial charge in [0.2, 0.25) is 11.8 Å². The van der Waals surface area contributed by atoms with E-state index in [2.05, 4.69) is 15.5 Å². The van der Waals surface area contributed by atoms with Gasteiger partial charge >= 0.3 is 0 Å². The molecule has 0 aliphatic carbocycles.